The van der Waals surface area contributed by atoms with E-state index in [4.69, 9.17) is 5.11 Å². The first-order chi connectivity index (χ1) is 6.18. The SMILES string of the molecule is Cc1csc2c1CCC(C(=O)O)C2. The van der Waals surface area contributed by atoms with Crippen molar-refractivity contribution in [1.29, 1.82) is 0 Å². The number of aliphatic carboxylic acids is 1. The Morgan fingerprint density at radius 1 is 1.69 bits per heavy atom. The summed E-state index contributed by atoms with van der Waals surface area (Å²) < 4.78 is 0. The minimum atomic E-state index is -0.642. The lowest BCUT2D eigenvalue weighted by Gasteiger charge is -2.18. The van der Waals surface area contributed by atoms with E-state index in [9.17, 15) is 4.79 Å². The predicted molar refractivity (Wildman–Crippen MR) is 52.2 cm³/mol. The van der Waals surface area contributed by atoms with Gasteiger partial charge in [0.15, 0.2) is 0 Å². The fraction of sp³-hybridized carbons (Fsp3) is 0.500. The molecule has 0 aliphatic heterocycles. The third-order valence-electron chi connectivity index (χ3n) is 2.71. The van der Waals surface area contributed by atoms with Crippen LogP contribution in [0.1, 0.15) is 22.4 Å². The Hall–Kier alpha value is -0.830. The summed E-state index contributed by atoms with van der Waals surface area (Å²) in [6, 6.07) is 0. The van der Waals surface area contributed by atoms with Crippen molar-refractivity contribution in [1.82, 2.24) is 0 Å². The van der Waals surface area contributed by atoms with Gasteiger partial charge >= 0.3 is 5.97 Å². The van der Waals surface area contributed by atoms with Crippen LogP contribution in [-0.2, 0) is 17.6 Å². The van der Waals surface area contributed by atoms with Gasteiger partial charge in [-0.1, -0.05) is 0 Å². The van der Waals surface area contributed by atoms with Gasteiger partial charge in [-0.3, -0.25) is 4.79 Å². The molecule has 0 fully saturated rings. The van der Waals surface area contributed by atoms with Gasteiger partial charge in [0.25, 0.3) is 0 Å². The third-order valence-corrected chi connectivity index (χ3v) is 3.88. The zero-order chi connectivity index (χ0) is 9.42. The van der Waals surface area contributed by atoms with Gasteiger partial charge in [-0.05, 0) is 42.7 Å². The van der Waals surface area contributed by atoms with Gasteiger partial charge < -0.3 is 5.11 Å². The molecule has 1 aromatic heterocycles. The lowest BCUT2D eigenvalue weighted by molar-refractivity contribution is -0.142. The highest BCUT2D eigenvalue weighted by Gasteiger charge is 2.25. The largest absolute Gasteiger partial charge is 0.481 e. The molecule has 0 radical (unpaired) electrons. The molecule has 0 amide bonds. The summed E-state index contributed by atoms with van der Waals surface area (Å²) in [6.07, 6.45) is 2.49. The summed E-state index contributed by atoms with van der Waals surface area (Å²) in [4.78, 5) is 12.1. The summed E-state index contributed by atoms with van der Waals surface area (Å²) in [5, 5.41) is 11.0. The highest BCUT2D eigenvalue weighted by molar-refractivity contribution is 7.10. The first kappa shape index (κ1) is 8.75. The molecule has 0 bridgehead atoms. The second-order valence-corrected chi connectivity index (χ2v) is 4.56. The number of rotatable bonds is 1. The molecular weight excluding hydrogens is 184 g/mol. The molecule has 2 nitrogen and oxygen atoms in total. The van der Waals surface area contributed by atoms with Gasteiger partial charge in [0.2, 0.25) is 0 Å². The molecule has 1 N–H and O–H groups in total. The van der Waals surface area contributed by atoms with Gasteiger partial charge in [0, 0.05) is 4.88 Å². The van der Waals surface area contributed by atoms with Crippen LogP contribution in [0.25, 0.3) is 0 Å². The van der Waals surface area contributed by atoms with E-state index in [0.717, 1.165) is 19.3 Å². The Kier molecular flexibility index (Phi) is 2.12. The lowest BCUT2D eigenvalue weighted by atomic mass is 9.88. The molecule has 1 aliphatic rings. The molecule has 1 aliphatic carbocycles. The van der Waals surface area contributed by atoms with Crippen molar-refractivity contribution >= 4 is 17.3 Å². The van der Waals surface area contributed by atoms with E-state index in [1.54, 1.807) is 11.3 Å². The highest BCUT2D eigenvalue weighted by atomic mass is 32.1. The number of carboxylic acid groups (broad SMARTS) is 1. The Morgan fingerprint density at radius 2 is 2.46 bits per heavy atom. The van der Waals surface area contributed by atoms with Crippen LogP contribution in [-0.4, -0.2) is 11.1 Å². The molecule has 13 heavy (non-hydrogen) atoms. The smallest absolute Gasteiger partial charge is 0.306 e. The number of carbonyl (C=O) groups is 1. The predicted octanol–water partition coefficient (Wildman–Crippen LogP) is 2.25. The van der Waals surface area contributed by atoms with E-state index in [1.165, 1.54) is 16.0 Å². The van der Waals surface area contributed by atoms with E-state index in [-0.39, 0.29) is 5.92 Å². The monoisotopic (exact) mass is 196 g/mol. The molecular formula is C10H12O2S. The maximum absolute atomic E-state index is 10.8. The molecule has 70 valence electrons. The van der Waals surface area contributed by atoms with Crippen molar-refractivity contribution in [3.05, 3.63) is 21.4 Å². The molecule has 0 spiro atoms. The van der Waals surface area contributed by atoms with Crippen molar-refractivity contribution in [2.24, 2.45) is 5.92 Å². The quantitative estimate of drug-likeness (QED) is 0.748. The maximum Gasteiger partial charge on any atom is 0.306 e. The minimum absolute atomic E-state index is 0.148. The molecule has 1 unspecified atom stereocenters. The fourth-order valence-corrected chi connectivity index (χ4v) is 3.05. The molecule has 1 atom stereocenters. The van der Waals surface area contributed by atoms with Gasteiger partial charge in [-0.2, -0.15) is 0 Å². The van der Waals surface area contributed by atoms with Crippen LogP contribution in [0.4, 0.5) is 0 Å². The summed E-state index contributed by atoms with van der Waals surface area (Å²) in [5.74, 6) is -0.790. The number of hydrogen-bond acceptors (Lipinski definition) is 2. The number of thiophene rings is 1. The van der Waals surface area contributed by atoms with Crippen molar-refractivity contribution < 1.29 is 9.90 Å². The molecule has 0 saturated carbocycles. The first-order valence-electron chi connectivity index (χ1n) is 4.47. The second kappa shape index (κ2) is 3.14. The van der Waals surface area contributed by atoms with Gasteiger partial charge in [-0.15, -0.1) is 11.3 Å². The Labute approximate surface area is 81.2 Å². The topological polar surface area (TPSA) is 37.3 Å². The van der Waals surface area contributed by atoms with Crippen LogP contribution < -0.4 is 0 Å². The van der Waals surface area contributed by atoms with Crippen molar-refractivity contribution in [3.8, 4) is 0 Å². The summed E-state index contributed by atoms with van der Waals surface area (Å²) >= 11 is 1.71. The van der Waals surface area contributed by atoms with Crippen molar-refractivity contribution in [2.75, 3.05) is 0 Å². The van der Waals surface area contributed by atoms with Crippen molar-refractivity contribution in [2.45, 2.75) is 26.2 Å². The van der Waals surface area contributed by atoms with E-state index in [2.05, 4.69) is 12.3 Å². The highest BCUT2D eigenvalue weighted by Crippen LogP contribution is 2.32. The third kappa shape index (κ3) is 1.48. The molecule has 1 heterocycles. The summed E-state index contributed by atoms with van der Waals surface area (Å²) in [7, 11) is 0. The average Bonchev–Trinajstić information content (AvgIpc) is 2.47. The van der Waals surface area contributed by atoms with Crippen LogP contribution >= 0.6 is 11.3 Å². The molecule has 0 aromatic carbocycles. The van der Waals surface area contributed by atoms with E-state index < -0.39 is 5.97 Å². The maximum atomic E-state index is 10.8. The standard InChI is InChI=1S/C10H12O2S/c1-6-5-13-9-4-7(10(11)12)2-3-8(6)9/h5,7H,2-4H2,1H3,(H,11,12). The lowest BCUT2D eigenvalue weighted by Crippen LogP contribution is -2.21. The van der Waals surface area contributed by atoms with E-state index in [1.807, 2.05) is 0 Å². The summed E-state index contributed by atoms with van der Waals surface area (Å²) in [6.45, 7) is 2.11. The van der Waals surface area contributed by atoms with Gasteiger partial charge in [0.1, 0.15) is 0 Å². The zero-order valence-corrected chi connectivity index (χ0v) is 8.36. The minimum Gasteiger partial charge on any atom is -0.481 e. The molecule has 2 rings (SSSR count). The Bertz CT molecular complexity index is 341. The number of carboxylic acids is 1. The summed E-state index contributed by atoms with van der Waals surface area (Å²) in [5.41, 5.74) is 2.74. The van der Waals surface area contributed by atoms with Crippen molar-refractivity contribution in [3.63, 3.8) is 0 Å². The zero-order valence-electron chi connectivity index (χ0n) is 7.54. The van der Waals surface area contributed by atoms with Crippen LogP contribution in [0.5, 0.6) is 0 Å². The van der Waals surface area contributed by atoms with Gasteiger partial charge in [-0.25, -0.2) is 0 Å². The Balaban J connectivity index is 2.25. The number of aryl methyl sites for hydroxylation is 1. The molecule has 1 aromatic rings. The number of hydrogen-bond donors (Lipinski definition) is 1. The number of fused-ring (bicyclic) bond motifs is 1. The first-order valence-corrected chi connectivity index (χ1v) is 5.35. The molecule has 0 saturated heterocycles. The van der Waals surface area contributed by atoms with E-state index in [0.29, 0.717) is 0 Å². The fourth-order valence-electron chi connectivity index (χ4n) is 1.88. The Morgan fingerprint density at radius 3 is 3.15 bits per heavy atom. The van der Waals surface area contributed by atoms with Gasteiger partial charge in [0.05, 0.1) is 5.92 Å². The van der Waals surface area contributed by atoms with E-state index >= 15 is 0 Å². The van der Waals surface area contributed by atoms with Crippen LogP contribution in [0.3, 0.4) is 0 Å². The van der Waals surface area contributed by atoms with Crippen LogP contribution in [0.15, 0.2) is 5.38 Å². The molecule has 3 heteroatoms. The van der Waals surface area contributed by atoms with Crippen LogP contribution in [0.2, 0.25) is 0 Å². The normalized spacial score (nSPS) is 21.2. The average molecular weight is 196 g/mol. The van der Waals surface area contributed by atoms with Crippen LogP contribution in [0, 0.1) is 12.8 Å². The second-order valence-electron chi connectivity index (χ2n) is 3.60.